The second-order valence-corrected chi connectivity index (χ2v) is 6.25. The average Bonchev–Trinajstić information content (AvgIpc) is 3.37. The normalized spacial score (nSPS) is 16.8. The molecule has 0 amide bonds. The van der Waals surface area contributed by atoms with Crippen LogP contribution in [0.15, 0.2) is 48.5 Å². The predicted octanol–water partition coefficient (Wildman–Crippen LogP) is 3.00. The third-order valence-corrected chi connectivity index (χ3v) is 4.68. The first kappa shape index (κ1) is 15.8. The number of aliphatic hydroxyl groups excluding tert-OH is 1. The van der Waals surface area contributed by atoms with Crippen molar-refractivity contribution in [3.63, 3.8) is 0 Å². The van der Waals surface area contributed by atoms with Crippen LogP contribution in [-0.2, 0) is 6.54 Å². The van der Waals surface area contributed by atoms with E-state index in [1.165, 1.54) is 0 Å². The summed E-state index contributed by atoms with van der Waals surface area (Å²) in [6.07, 6.45) is 1.58. The van der Waals surface area contributed by atoms with Gasteiger partial charge in [-0.2, -0.15) is 0 Å². The standard InChI is InChI=1S/C19H23NO3/c1-23-16-9-5-8-15(17(16)21)12-20-13-19(10-11-19)18(22)14-6-3-2-4-7-14/h2-9,18,20-22H,10-13H2,1H3. The molecule has 0 bridgehead atoms. The molecule has 1 aliphatic carbocycles. The van der Waals surface area contributed by atoms with Crippen molar-refractivity contribution in [1.29, 1.82) is 0 Å². The minimum atomic E-state index is -0.449. The lowest BCUT2D eigenvalue weighted by molar-refractivity contribution is 0.0917. The molecule has 0 heterocycles. The average molecular weight is 313 g/mol. The molecule has 1 atom stereocenters. The Morgan fingerprint density at radius 3 is 2.52 bits per heavy atom. The van der Waals surface area contributed by atoms with E-state index >= 15 is 0 Å². The number of methoxy groups -OCH3 is 1. The highest BCUT2D eigenvalue weighted by molar-refractivity contribution is 5.45. The molecular weight excluding hydrogens is 290 g/mol. The van der Waals surface area contributed by atoms with E-state index in [4.69, 9.17) is 4.74 Å². The molecular formula is C19H23NO3. The maximum Gasteiger partial charge on any atom is 0.162 e. The first-order valence-electron chi connectivity index (χ1n) is 7.95. The molecule has 1 saturated carbocycles. The lowest BCUT2D eigenvalue weighted by Crippen LogP contribution is -2.28. The van der Waals surface area contributed by atoms with Gasteiger partial charge in [0, 0.05) is 24.1 Å². The third kappa shape index (κ3) is 3.33. The molecule has 122 valence electrons. The van der Waals surface area contributed by atoms with Crippen molar-refractivity contribution >= 4 is 0 Å². The van der Waals surface area contributed by atoms with Crippen LogP contribution in [0.3, 0.4) is 0 Å². The minimum absolute atomic E-state index is 0.0875. The fourth-order valence-electron chi connectivity index (χ4n) is 3.02. The van der Waals surface area contributed by atoms with Crippen LogP contribution in [0.25, 0.3) is 0 Å². The van der Waals surface area contributed by atoms with Crippen molar-refractivity contribution < 1.29 is 14.9 Å². The van der Waals surface area contributed by atoms with E-state index in [1.54, 1.807) is 13.2 Å². The summed E-state index contributed by atoms with van der Waals surface area (Å²) in [5, 5.41) is 24.1. The summed E-state index contributed by atoms with van der Waals surface area (Å²) in [6, 6.07) is 15.3. The van der Waals surface area contributed by atoms with Crippen LogP contribution >= 0.6 is 0 Å². The molecule has 4 nitrogen and oxygen atoms in total. The number of hydrogen-bond donors (Lipinski definition) is 3. The van der Waals surface area contributed by atoms with Gasteiger partial charge >= 0.3 is 0 Å². The smallest absolute Gasteiger partial charge is 0.162 e. The van der Waals surface area contributed by atoms with Crippen molar-refractivity contribution in [3.8, 4) is 11.5 Å². The second-order valence-electron chi connectivity index (χ2n) is 6.25. The molecule has 4 heteroatoms. The minimum Gasteiger partial charge on any atom is -0.504 e. The predicted molar refractivity (Wildman–Crippen MR) is 89.4 cm³/mol. The molecule has 0 aliphatic heterocycles. The lowest BCUT2D eigenvalue weighted by Gasteiger charge is -2.23. The molecule has 3 N–H and O–H groups in total. The topological polar surface area (TPSA) is 61.7 Å². The van der Waals surface area contributed by atoms with Crippen LogP contribution in [0.2, 0.25) is 0 Å². The largest absolute Gasteiger partial charge is 0.504 e. The SMILES string of the molecule is COc1cccc(CNCC2(C(O)c3ccccc3)CC2)c1O. The summed E-state index contributed by atoms with van der Waals surface area (Å²) in [5.41, 5.74) is 1.68. The number of para-hydroxylation sites is 1. The molecule has 23 heavy (non-hydrogen) atoms. The van der Waals surface area contributed by atoms with Crippen molar-refractivity contribution in [1.82, 2.24) is 5.32 Å². The molecule has 2 aromatic carbocycles. The highest BCUT2D eigenvalue weighted by Crippen LogP contribution is 2.54. The van der Waals surface area contributed by atoms with Gasteiger partial charge in [-0.05, 0) is 24.5 Å². The quantitative estimate of drug-likeness (QED) is 0.735. The number of aliphatic hydroxyl groups is 1. The fourth-order valence-corrected chi connectivity index (χ4v) is 3.02. The van der Waals surface area contributed by atoms with Gasteiger partial charge in [0.2, 0.25) is 0 Å². The van der Waals surface area contributed by atoms with Crippen LogP contribution in [-0.4, -0.2) is 23.9 Å². The monoisotopic (exact) mass is 313 g/mol. The summed E-state index contributed by atoms with van der Waals surface area (Å²) in [6.45, 7) is 1.27. The van der Waals surface area contributed by atoms with Crippen molar-refractivity contribution in [2.75, 3.05) is 13.7 Å². The number of rotatable bonds is 7. The zero-order valence-electron chi connectivity index (χ0n) is 13.3. The van der Waals surface area contributed by atoms with Crippen LogP contribution in [0, 0.1) is 5.41 Å². The van der Waals surface area contributed by atoms with Gasteiger partial charge < -0.3 is 20.3 Å². The summed E-state index contributed by atoms with van der Waals surface area (Å²) in [5.74, 6) is 0.658. The highest BCUT2D eigenvalue weighted by Gasteiger charge is 2.48. The Bertz CT molecular complexity index is 653. The van der Waals surface area contributed by atoms with Gasteiger partial charge in [-0.25, -0.2) is 0 Å². The van der Waals surface area contributed by atoms with Crippen molar-refractivity contribution in [2.24, 2.45) is 5.41 Å². The number of nitrogens with one attached hydrogen (secondary N) is 1. The van der Waals surface area contributed by atoms with Gasteiger partial charge in [0.25, 0.3) is 0 Å². The molecule has 1 fully saturated rings. The number of benzene rings is 2. The van der Waals surface area contributed by atoms with Crippen LogP contribution in [0.5, 0.6) is 11.5 Å². The maximum absolute atomic E-state index is 10.6. The molecule has 0 saturated heterocycles. The molecule has 1 aliphatic rings. The maximum atomic E-state index is 10.6. The van der Waals surface area contributed by atoms with Crippen LogP contribution in [0.4, 0.5) is 0 Å². The first-order valence-corrected chi connectivity index (χ1v) is 7.95. The summed E-state index contributed by atoms with van der Waals surface area (Å²) >= 11 is 0. The van der Waals surface area contributed by atoms with E-state index < -0.39 is 6.10 Å². The van der Waals surface area contributed by atoms with Crippen molar-refractivity contribution in [3.05, 3.63) is 59.7 Å². The number of ether oxygens (including phenoxy) is 1. The second kappa shape index (κ2) is 6.60. The molecule has 3 rings (SSSR count). The van der Waals surface area contributed by atoms with Gasteiger partial charge in [0.15, 0.2) is 11.5 Å². The van der Waals surface area contributed by atoms with Gasteiger partial charge in [0.1, 0.15) is 0 Å². The molecule has 2 aromatic rings. The lowest BCUT2D eigenvalue weighted by atomic mass is 9.92. The van der Waals surface area contributed by atoms with Gasteiger partial charge in [-0.15, -0.1) is 0 Å². The van der Waals surface area contributed by atoms with E-state index in [0.717, 1.165) is 30.5 Å². The Morgan fingerprint density at radius 1 is 1.13 bits per heavy atom. The molecule has 0 aromatic heterocycles. The Kier molecular flexibility index (Phi) is 4.55. The summed E-state index contributed by atoms with van der Waals surface area (Å²) < 4.78 is 5.12. The highest BCUT2D eigenvalue weighted by atomic mass is 16.5. The summed E-state index contributed by atoms with van der Waals surface area (Å²) in [4.78, 5) is 0. The van der Waals surface area contributed by atoms with E-state index in [0.29, 0.717) is 12.3 Å². The third-order valence-electron chi connectivity index (χ3n) is 4.68. The van der Waals surface area contributed by atoms with Crippen LogP contribution < -0.4 is 10.1 Å². The Hall–Kier alpha value is -2.04. The van der Waals surface area contributed by atoms with Gasteiger partial charge in [-0.1, -0.05) is 42.5 Å². The fraction of sp³-hybridized carbons (Fsp3) is 0.368. The van der Waals surface area contributed by atoms with Gasteiger partial charge in [-0.3, -0.25) is 0 Å². The molecule has 0 radical (unpaired) electrons. The molecule has 0 spiro atoms. The Balaban J connectivity index is 1.61. The van der Waals surface area contributed by atoms with Gasteiger partial charge in [0.05, 0.1) is 13.2 Å². The van der Waals surface area contributed by atoms with E-state index in [2.05, 4.69) is 5.32 Å². The van der Waals surface area contributed by atoms with E-state index in [9.17, 15) is 10.2 Å². The summed E-state index contributed by atoms with van der Waals surface area (Å²) in [7, 11) is 1.54. The first-order chi connectivity index (χ1) is 11.2. The number of aromatic hydroxyl groups is 1. The zero-order chi connectivity index (χ0) is 16.3. The Morgan fingerprint density at radius 2 is 1.87 bits per heavy atom. The number of hydrogen-bond acceptors (Lipinski definition) is 4. The van der Waals surface area contributed by atoms with Crippen molar-refractivity contribution in [2.45, 2.75) is 25.5 Å². The van der Waals surface area contributed by atoms with E-state index in [-0.39, 0.29) is 11.2 Å². The van der Waals surface area contributed by atoms with E-state index in [1.807, 2.05) is 42.5 Å². The number of phenolic OH excluding ortho intramolecular Hbond substituents is 1. The Labute approximate surface area is 136 Å². The van der Waals surface area contributed by atoms with Crippen LogP contribution in [0.1, 0.15) is 30.1 Å². The number of phenols is 1. The molecule has 1 unspecified atom stereocenters. The zero-order valence-corrected chi connectivity index (χ0v) is 13.3.